The van der Waals surface area contributed by atoms with Crippen LogP contribution in [-0.2, 0) is 9.47 Å². The van der Waals surface area contributed by atoms with Gasteiger partial charge in [0.15, 0.2) is 11.5 Å². The van der Waals surface area contributed by atoms with Crippen molar-refractivity contribution in [3.05, 3.63) is 23.2 Å². The maximum atomic E-state index is 9.61. The Morgan fingerprint density at radius 3 is 2.15 bits per heavy atom. The molecule has 0 radical (unpaired) electrons. The van der Waals surface area contributed by atoms with Gasteiger partial charge in [-0.3, -0.25) is 0 Å². The van der Waals surface area contributed by atoms with Gasteiger partial charge in [-0.15, -0.1) is 0 Å². The highest BCUT2D eigenvalue weighted by molar-refractivity contribution is 5.31. The van der Waals surface area contributed by atoms with Crippen molar-refractivity contribution in [3.8, 4) is 0 Å². The van der Waals surface area contributed by atoms with E-state index in [1.165, 1.54) is 20.3 Å². The van der Waals surface area contributed by atoms with Gasteiger partial charge in [0.2, 0.25) is 0 Å². The smallest absolute Gasteiger partial charge is 0.169 e. The number of aliphatic hydroxyl groups excluding tert-OH is 2. The largest absolute Gasteiger partial charge is 0.494 e. The molecule has 2 unspecified atom stereocenters. The molecule has 0 aromatic rings. The highest BCUT2D eigenvalue weighted by atomic mass is 16.5. The van der Waals surface area contributed by atoms with E-state index in [4.69, 9.17) is 9.47 Å². The lowest BCUT2D eigenvalue weighted by Gasteiger charge is -2.25. The number of ether oxygens (including phenoxy) is 2. The van der Waals surface area contributed by atoms with Crippen LogP contribution in [0.2, 0.25) is 0 Å². The number of hydrogen-bond donors (Lipinski definition) is 2. The average Bonchev–Trinajstić information content (AvgIpc) is 2.10. The molecule has 1 aliphatic carbocycles. The van der Waals surface area contributed by atoms with Gasteiger partial charge in [0.1, 0.15) is 12.2 Å². The van der Waals surface area contributed by atoms with Crippen molar-refractivity contribution in [2.75, 3.05) is 14.2 Å². The van der Waals surface area contributed by atoms with E-state index in [-0.39, 0.29) is 11.5 Å². The predicted molar refractivity (Wildman–Crippen MR) is 46.8 cm³/mol. The third kappa shape index (κ3) is 1.68. The van der Waals surface area contributed by atoms with E-state index in [1.54, 1.807) is 6.92 Å². The first-order valence-electron chi connectivity index (χ1n) is 3.98. The van der Waals surface area contributed by atoms with Gasteiger partial charge in [-0.05, 0) is 18.6 Å². The summed E-state index contributed by atoms with van der Waals surface area (Å²) in [5.41, 5.74) is 0.658. The maximum absolute atomic E-state index is 9.61. The predicted octanol–water partition coefficient (Wildman–Crippen LogP) is 0.172. The fourth-order valence-corrected chi connectivity index (χ4v) is 1.34. The van der Waals surface area contributed by atoms with Crippen molar-refractivity contribution < 1.29 is 19.7 Å². The van der Waals surface area contributed by atoms with E-state index in [1.807, 2.05) is 0 Å². The molecule has 0 amide bonds. The van der Waals surface area contributed by atoms with E-state index >= 15 is 0 Å². The Morgan fingerprint density at radius 2 is 1.69 bits per heavy atom. The highest BCUT2D eigenvalue weighted by Gasteiger charge is 2.28. The van der Waals surface area contributed by atoms with Gasteiger partial charge in [0.25, 0.3) is 0 Å². The summed E-state index contributed by atoms with van der Waals surface area (Å²) in [5.74, 6) is 0.538. The Morgan fingerprint density at radius 1 is 1.15 bits per heavy atom. The minimum Gasteiger partial charge on any atom is -0.494 e. The van der Waals surface area contributed by atoms with E-state index < -0.39 is 12.2 Å². The summed E-state index contributed by atoms with van der Waals surface area (Å²) >= 11 is 0. The lowest BCUT2D eigenvalue weighted by molar-refractivity contribution is 0.0858. The van der Waals surface area contributed by atoms with E-state index in [2.05, 4.69) is 0 Å². The maximum Gasteiger partial charge on any atom is 0.169 e. The molecule has 13 heavy (non-hydrogen) atoms. The molecule has 74 valence electrons. The third-order valence-electron chi connectivity index (χ3n) is 2.05. The molecule has 1 aliphatic rings. The zero-order valence-electron chi connectivity index (χ0n) is 7.94. The minimum atomic E-state index is -0.830. The number of rotatable bonds is 2. The van der Waals surface area contributed by atoms with Crippen LogP contribution in [0.4, 0.5) is 0 Å². The standard InChI is InChI=1S/C9H14O4/c1-5-4-6(10)8(12-2)9(13-3)7(5)11/h4,6-7,10-11H,1-3H3. The molecule has 4 nitrogen and oxygen atoms in total. The molecule has 0 saturated carbocycles. The second-order valence-electron chi connectivity index (χ2n) is 2.89. The summed E-state index contributed by atoms with van der Waals surface area (Å²) in [6.07, 6.45) is -0.113. The van der Waals surface area contributed by atoms with Crippen LogP contribution in [0.15, 0.2) is 23.2 Å². The molecule has 2 N–H and O–H groups in total. The van der Waals surface area contributed by atoms with Crippen LogP contribution in [0.25, 0.3) is 0 Å². The zero-order valence-corrected chi connectivity index (χ0v) is 7.94. The van der Waals surface area contributed by atoms with Crippen molar-refractivity contribution in [1.82, 2.24) is 0 Å². The van der Waals surface area contributed by atoms with Crippen LogP contribution in [0.3, 0.4) is 0 Å². The summed E-state index contributed by atoms with van der Waals surface area (Å²) < 4.78 is 9.88. The SMILES string of the molecule is COC1=C(OC)C(O)C(C)=CC1O. The second kappa shape index (κ2) is 3.81. The van der Waals surface area contributed by atoms with Gasteiger partial charge in [-0.1, -0.05) is 0 Å². The number of aliphatic hydroxyl groups is 2. The fraction of sp³-hybridized carbons (Fsp3) is 0.556. The first-order valence-corrected chi connectivity index (χ1v) is 3.98. The number of methoxy groups -OCH3 is 2. The molecule has 0 spiro atoms. The molecule has 0 bridgehead atoms. The van der Waals surface area contributed by atoms with E-state index in [9.17, 15) is 10.2 Å². The zero-order chi connectivity index (χ0) is 10.0. The van der Waals surface area contributed by atoms with Crippen LogP contribution in [0.1, 0.15) is 6.92 Å². The summed E-state index contributed by atoms with van der Waals surface area (Å²) in [6, 6.07) is 0. The Bertz CT molecular complexity index is 254. The monoisotopic (exact) mass is 186 g/mol. The first kappa shape index (κ1) is 10.1. The Hall–Kier alpha value is -1.00. The van der Waals surface area contributed by atoms with Crippen LogP contribution in [-0.4, -0.2) is 36.6 Å². The van der Waals surface area contributed by atoms with Crippen LogP contribution in [0.5, 0.6) is 0 Å². The van der Waals surface area contributed by atoms with Crippen molar-refractivity contribution in [3.63, 3.8) is 0 Å². The summed E-state index contributed by atoms with van der Waals surface area (Å²) in [6.45, 7) is 1.72. The van der Waals surface area contributed by atoms with Gasteiger partial charge in [0.05, 0.1) is 14.2 Å². The second-order valence-corrected chi connectivity index (χ2v) is 2.89. The summed E-state index contributed by atoms with van der Waals surface area (Å²) in [5, 5.41) is 19.1. The fourth-order valence-electron chi connectivity index (χ4n) is 1.34. The molecule has 0 aliphatic heterocycles. The van der Waals surface area contributed by atoms with Crippen molar-refractivity contribution >= 4 is 0 Å². The summed E-state index contributed by atoms with van der Waals surface area (Å²) in [4.78, 5) is 0. The average molecular weight is 186 g/mol. The van der Waals surface area contributed by atoms with Crippen molar-refractivity contribution in [2.24, 2.45) is 0 Å². The Kier molecular flexibility index (Phi) is 2.95. The minimum absolute atomic E-state index is 0.264. The lowest BCUT2D eigenvalue weighted by atomic mass is 9.99. The molecule has 0 saturated heterocycles. The Labute approximate surface area is 77.1 Å². The molecule has 0 heterocycles. The molecular weight excluding hydrogens is 172 g/mol. The lowest BCUT2D eigenvalue weighted by Crippen LogP contribution is -2.27. The quantitative estimate of drug-likeness (QED) is 0.604. The van der Waals surface area contributed by atoms with Crippen molar-refractivity contribution in [2.45, 2.75) is 19.1 Å². The third-order valence-corrected chi connectivity index (χ3v) is 2.05. The van der Waals surface area contributed by atoms with Gasteiger partial charge in [0, 0.05) is 0 Å². The Balaban J connectivity index is 3.03. The molecule has 2 atom stereocenters. The van der Waals surface area contributed by atoms with E-state index in [0.29, 0.717) is 5.57 Å². The highest BCUT2D eigenvalue weighted by Crippen LogP contribution is 2.25. The van der Waals surface area contributed by atoms with Gasteiger partial charge in [-0.2, -0.15) is 0 Å². The number of hydrogen-bond acceptors (Lipinski definition) is 4. The van der Waals surface area contributed by atoms with Gasteiger partial charge < -0.3 is 19.7 Å². The summed E-state index contributed by atoms with van der Waals surface area (Å²) in [7, 11) is 2.86. The van der Waals surface area contributed by atoms with Gasteiger partial charge >= 0.3 is 0 Å². The molecule has 4 heteroatoms. The normalized spacial score (nSPS) is 28.5. The van der Waals surface area contributed by atoms with Crippen molar-refractivity contribution in [1.29, 1.82) is 0 Å². The van der Waals surface area contributed by atoms with Crippen LogP contribution < -0.4 is 0 Å². The van der Waals surface area contributed by atoms with Crippen LogP contribution >= 0.6 is 0 Å². The molecule has 0 fully saturated rings. The van der Waals surface area contributed by atoms with E-state index in [0.717, 1.165) is 0 Å². The van der Waals surface area contributed by atoms with Gasteiger partial charge in [-0.25, -0.2) is 0 Å². The molecule has 0 aromatic carbocycles. The topological polar surface area (TPSA) is 58.9 Å². The molecule has 1 rings (SSSR count). The molecular formula is C9H14O4. The first-order chi connectivity index (χ1) is 6.11. The van der Waals surface area contributed by atoms with Crippen LogP contribution in [0, 0.1) is 0 Å². The molecule has 0 aromatic heterocycles.